The van der Waals surface area contributed by atoms with E-state index in [1.54, 1.807) is 0 Å². The zero-order valence-corrected chi connectivity index (χ0v) is 9.67. The van der Waals surface area contributed by atoms with Gasteiger partial charge in [0.2, 0.25) is 0 Å². The molecule has 1 aliphatic rings. The predicted molar refractivity (Wildman–Crippen MR) is 51.1 cm³/mol. The third kappa shape index (κ3) is 2.90. The van der Waals surface area contributed by atoms with Gasteiger partial charge in [-0.3, -0.25) is 0 Å². The highest BCUT2D eigenvalue weighted by Crippen LogP contribution is 2.24. The average molecular weight is 207 g/mol. The molecule has 1 fully saturated rings. The summed E-state index contributed by atoms with van der Waals surface area (Å²) in [7, 11) is 5.86. The van der Waals surface area contributed by atoms with E-state index in [1.165, 1.54) is 6.42 Å². The summed E-state index contributed by atoms with van der Waals surface area (Å²) in [6.45, 7) is 5.16. The van der Waals surface area contributed by atoms with Crippen LogP contribution in [0.4, 0.5) is 0 Å². The molecule has 0 aromatic carbocycles. The van der Waals surface area contributed by atoms with Crippen molar-refractivity contribution in [3.05, 3.63) is 0 Å². The minimum absolute atomic E-state index is 0.364. The van der Waals surface area contributed by atoms with Gasteiger partial charge in [0.05, 0.1) is 0 Å². The van der Waals surface area contributed by atoms with Crippen molar-refractivity contribution in [3.63, 3.8) is 0 Å². The lowest BCUT2D eigenvalue weighted by Crippen LogP contribution is -2.39. The molecule has 12 heavy (non-hydrogen) atoms. The first-order valence-electron chi connectivity index (χ1n) is 4.69. The van der Waals surface area contributed by atoms with Crippen molar-refractivity contribution in [3.8, 4) is 0 Å². The Labute approximate surface area is 83.4 Å². The number of hydrogen-bond donors (Lipinski definition) is 0. The molecule has 2 atom stereocenters. The van der Waals surface area contributed by atoms with Gasteiger partial charge in [0.15, 0.2) is 0 Å². The van der Waals surface area contributed by atoms with E-state index < -0.39 is 13.9 Å². The smallest absolute Gasteiger partial charge is 0.465 e. The Kier molecular flexibility index (Phi) is 4.93. The summed E-state index contributed by atoms with van der Waals surface area (Å²) in [4.78, 5) is 0. The monoisotopic (exact) mass is 206 g/mol. The van der Waals surface area contributed by atoms with E-state index in [0.29, 0.717) is 12.0 Å². The quantitative estimate of drug-likeness (QED) is 0.661. The van der Waals surface area contributed by atoms with Crippen molar-refractivity contribution in [2.45, 2.75) is 39.2 Å². The molecule has 4 heteroatoms. The molecule has 1 rings (SSSR count). The fourth-order valence-corrected chi connectivity index (χ4v) is 3.29. The Bertz CT molecular complexity index is 134. The molecule has 1 heterocycles. The molecule has 0 aromatic rings. The standard InChI is InChI=1S/C8H16O2.Al.ClH/c1-3-5-8(10)7(4-2)6-9;;/h7-8H,3-6H2,1-2H3;;1H/q-2;+3;/p-1. The highest BCUT2D eigenvalue weighted by molar-refractivity contribution is 6.99. The Morgan fingerprint density at radius 3 is 2.83 bits per heavy atom. The zero-order chi connectivity index (χ0) is 8.97. The lowest BCUT2D eigenvalue weighted by Gasteiger charge is -2.33. The lowest BCUT2D eigenvalue weighted by atomic mass is 9.97. The summed E-state index contributed by atoms with van der Waals surface area (Å²) in [6.07, 6.45) is 3.78. The van der Waals surface area contributed by atoms with Crippen molar-refractivity contribution < 1.29 is 7.58 Å². The van der Waals surface area contributed by atoms with Crippen LogP contribution in [0, 0.1) is 5.92 Å². The van der Waals surface area contributed by atoms with Gasteiger partial charge in [-0.1, -0.05) is 20.3 Å². The molecule has 1 saturated heterocycles. The molecular weight excluding hydrogens is 191 g/mol. The molecule has 0 aliphatic carbocycles. The van der Waals surface area contributed by atoms with Gasteiger partial charge >= 0.3 is 13.9 Å². The van der Waals surface area contributed by atoms with Crippen molar-refractivity contribution >= 4 is 23.9 Å². The van der Waals surface area contributed by atoms with Crippen LogP contribution in [0.15, 0.2) is 0 Å². The van der Waals surface area contributed by atoms with Crippen LogP contribution in [0.2, 0.25) is 0 Å². The van der Waals surface area contributed by atoms with Crippen molar-refractivity contribution in [2.75, 3.05) is 6.61 Å². The van der Waals surface area contributed by atoms with Crippen LogP contribution in [0.5, 0.6) is 0 Å². The molecule has 0 amide bonds. The zero-order valence-electron chi connectivity index (χ0n) is 7.75. The van der Waals surface area contributed by atoms with E-state index in [2.05, 4.69) is 13.8 Å². The topological polar surface area (TPSA) is 18.5 Å². The maximum absolute atomic E-state index is 5.86. The van der Waals surface area contributed by atoms with E-state index in [1.807, 2.05) is 0 Å². The largest absolute Gasteiger partial charge is 0.813 e. The second kappa shape index (κ2) is 5.47. The van der Waals surface area contributed by atoms with Gasteiger partial charge < -0.3 is 7.58 Å². The Morgan fingerprint density at radius 1 is 1.50 bits per heavy atom. The normalized spacial score (nSPS) is 30.8. The van der Waals surface area contributed by atoms with E-state index >= 15 is 0 Å². The van der Waals surface area contributed by atoms with Gasteiger partial charge in [-0.25, -0.2) is 0 Å². The highest BCUT2D eigenvalue weighted by Gasteiger charge is 2.36. The third-order valence-electron chi connectivity index (χ3n) is 2.35. The van der Waals surface area contributed by atoms with Gasteiger partial charge in [-0.2, -0.15) is 10.0 Å². The molecule has 0 bridgehead atoms. The van der Waals surface area contributed by atoms with Crippen LogP contribution < -0.4 is 0 Å². The Morgan fingerprint density at radius 2 is 2.25 bits per heavy atom. The molecule has 0 spiro atoms. The van der Waals surface area contributed by atoms with E-state index in [-0.39, 0.29) is 0 Å². The molecule has 70 valence electrons. The van der Waals surface area contributed by atoms with Crippen LogP contribution >= 0.6 is 10.0 Å². The van der Waals surface area contributed by atoms with Crippen molar-refractivity contribution in [2.24, 2.45) is 5.92 Å². The molecule has 2 unspecified atom stereocenters. The highest BCUT2D eigenvalue weighted by atomic mass is 35.6. The molecule has 0 aromatic heterocycles. The summed E-state index contributed by atoms with van der Waals surface area (Å²) < 4.78 is 11.0. The van der Waals surface area contributed by atoms with Crippen molar-refractivity contribution in [1.82, 2.24) is 0 Å². The maximum Gasteiger partial charge on any atom is 0.813 e. The van der Waals surface area contributed by atoms with Crippen LogP contribution in [0.1, 0.15) is 33.1 Å². The minimum atomic E-state index is -1.76. The van der Waals surface area contributed by atoms with E-state index in [9.17, 15) is 0 Å². The number of hydrogen-bond acceptors (Lipinski definition) is 2. The van der Waals surface area contributed by atoms with E-state index in [0.717, 1.165) is 19.4 Å². The van der Waals surface area contributed by atoms with Crippen molar-refractivity contribution in [1.29, 1.82) is 0 Å². The lowest BCUT2D eigenvalue weighted by molar-refractivity contribution is 0.0152. The second-order valence-corrected chi connectivity index (χ2v) is 5.46. The van der Waals surface area contributed by atoms with Gasteiger partial charge in [0, 0.05) is 18.6 Å². The molecular formula is C8H16AlClO2. The van der Waals surface area contributed by atoms with Gasteiger partial charge in [-0.15, -0.1) is 0 Å². The SMILES string of the molecule is CCCC1[O][Al]([Cl])[O]CC1CC. The van der Waals surface area contributed by atoms with Gasteiger partial charge in [-0.05, 0) is 12.8 Å². The molecule has 1 aliphatic heterocycles. The maximum atomic E-state index is 5.86. The summed E-state index contributed by atoms with van der Waals surface area (Å²) >= 11 is -1.76. The summed E-state index contributed by atoms with van der Waals surface area (Å²) in [5, 5.41) is 0. The van der Waals surface area contributed by atoms with Gasteiger partial charge in [0.1, 0.15) is 0 Å². The van der Waals surface area contributed by atoms with E-state index in [4.69, 9.17) is 17.6 Å². The van der Waals surface area contributed by atoms with Gasteiger partial charge in [0.25, 0.3) is 0 Å². The van der Waals surface area contributed by atoms with Crippen LogP contribution in [-0.2, 0) is 7.58 Å². The number of halogens is 1. The first kappa shape index (κ1) is 10.8. The van der Waals surface area contributed by atoms with Crippen LogP contribution in [-0.4, -0.2) is 26.6 Å². The fraction of sp³-hybridized carbons (Fsp3) is 1.00. The summed E-state index contributed by atoms with van der Waals surface area (Å²) in [6, 6.07) is 0. The van der Waals surface area contributed by atoms with Crippen LogP contribution in [0.3, 0.4) is 0 Å². The molecule has 2 nitrogen and oxygen atoms in total. The Hall–Kier alpha value is 0.742. The molecule has 0 radical (unpaired) electrons. The summed E-state index contributed by atoms with van der Waals surface area (Å²) in [5.41, 5.74) is 0. The predicted octanol–water partition coefficient (Wildman–Crippen LogP) is 2.45. The number of rotatable bonds is 3. The fourth-order valence-electron chi connectivity index (χ4n) is 1.56. The van der Waals surface area contributed by atoms with Crippen LogP contribution in [0.25, 0.3) is 0 Å². The molecule has 0 N–H and O–H groups in total. The Balaban J connectivity index is 2.40. The third-order valence-corrected chi connectivity index (χ3v) is 4.05. The summed E-state index contributed by atoms with van der Waals surface area (Å²) in [5.74, 6) is 0.562. The average Bonchev–Trinajstić information content (AvgIpc) is 2.05. The molecule has 0 saturated carbocycles. The second-order valence-electron chi connectivity index (χ2n) is 3.24. The first-order chi connectivity index (χ1) is 5.77. The first-order valence-corrected chi connectivity index (χ1v) is 7.37. The minimum Gasteiger partial charge on any atom is -0.465 e.